The molecule has 4 heterocycles. The molecule has 1 fully saturated rings. The summed E-state index contributed by atoms with van der Waals surface area (Å²) in [6.07, 6.45) is 3.67. The average molecular weight is 351 g/mol. The second kappa shape index (κ2) is 6.67. The van der Waals surface area contributed by atoms with Gasteiger partial charge in [0.25, 0.3) is 5.91 Å². The Morgan fingerprint density at radius 3 is 2.76 bits per heavy atom. The monoisotopic (exact) mass is 351 g/mol. The maximum absolute atomic E-state index is 12.5. The number of anilines is 1. The molecule has 0 atom stereocenters. The lowest BCUT2D eigenvalue weighted by Gasteiger charge is -2.42. The highest BCUT2D eigenvalue weighted by Crippen LogP contribution is 2.28. The van der Waals surface area contributed by atoms with E-state index in [4.69, 9.17) is 0 Å². The van der Waals surface area contributed by atoms with Crippen molar-refractivity contribution in [1.82, 2.24) is 14.9 Å². The topological polar surface area (TPSA) is 63.5 Å². The minimum absolute atomic E-state index is 0.101. The van der Waals surface area contributed by atoms with Crippen LogP contribution >= 0.6 is 11.3 Å². The first-order chi connectivity index (χ1) is 12.3. The zero-order valence-corrected chi connectivity index (χ0v) is 14.4. The smallest absolute Gasteiger partial charge is 0.264 e. The van der Waals surface area contributed by atoms with Crippen LogP contribution in [0.5, 0.6) is 0 Å². The molecular weight excluding hydrogens is 334 g/mol. The van der Waals surface area contributed by atoms with Crippen molar-refractivity contribution in [1.29, 1.82) is 5.26 Å². The molecule has 126 valence electrons. The van der Waals surface area contributed by atoms with Crippen LogP contribution in [0.25, 0.3) is 6.08 Å². The summed E-state index contributed by atoms with van der Waals surface area (Å²) in [7, 11) is 0. The molecule has 2 aromatic heterocycles. The molecule has 2 aliphatic heterocycles. The van der Waals surface area contributed by atoms with Crippen molar-refractivity contribution in [2.75, 3.05) is 37.7 Å². The van der Waals surface area contributed by atoms with Gasteiger partial charge in [0.2, 0.25) is 0 Å². The largest absolute Gasteiger partial charge is 0.335 e. The van der Waals surface area contributed by atoms with Gasteiger partial charge in [0.15, 0.2) is 5.82 Å². The number of carbonyl (C=O) groups excluding carboxylic acids is 1. The van der Waals surface area contributed by atoms with Crippen molar-refractivity contribution >= 4 is 29.1 Å². The first-order valence-corrected chi connectivity index (χ1v) is 9.05. The highest BCUT2D eigenvalue weighted by molar-refractivity contribution is 7.12. The van der Waals surface area contributed by atoms with Gasteiger partial charge in [-0.25, -0.2) is 9.99 Å². The molecule has 0 aromatic carbocycles. The van der Waals surface area contributed by atoms with Crippen LogP contribution in [-0.2, 0) is 0 Å². The molecule has 2 aromatic rings. The maximum Gasteiger partial charge on any atom is 0.264 e. The second-order valence-corrected chi connectivity index (χ2v) is 6.93. The first-order valence-electron chi connectivity index (χ1n) is 8.17. The van der Waals surface area contributed by atoms with E-state index in [-0.39, 0.29) is 5.91 Å². The van der Waals surface area contributed by atoms with E-state index in [2.05, 4.69) is 21.1 Å². The maximum atomic E-state index is 12.5. The molecule has 7 heteroatoms. The number of carbonyl (C=O) groups is 1. The Labute approximate surface area is 150 Å². The molecule has 0 bridgehead atoms. The van der Waals surface area contributed by atoms with Gasteiger partial charge in [0.1, 0.15) is 0 Å². The molecule has 0 saturated carbocycles. The summed E-state index contributed by atoms with van der Waals surface area (Å²) in [5.74, 6) is 0.976. The predicted molar refractivity (Wildman–Crippen MR) is 97.0 cm³/mol. The van der Waals surface area contributed by atoms with Gasteiger partial charge in [0, 0.05) is 37.9 Å². The van der Waals surface area contributed by atoms with Crippen molar-refractivity contribution in [3.63, 3.8) is 0 Å². The number of thiophene rings is 1. The molecule has 0 radical (unpaired) electrons. The number of hydrogen-bond donors (Lipinski definition) is 0. The Bertz CT molecular complexity index is 847. The van der Waals surface area contributed by atoms with Gasteiger partial charge in [-0.1, -0.05) is 6.07 Å². The standard InChI is InChI=1S/C18H17N5OS/c19-12-14-11-15-3-1-5-20-17(15)23(13-14)22-8-6-21(7-9-22)18(24)16-4-2-10-25-16/h1-5,10-11H,6-9,13H2. The summed E-state index contributed by atoms with van der Waals surface area (Å²) in [5.41, 5.74) is 1.68. The normalized spacial score (nSPS) is 17.6. The molecular formula is C18H17N5OS. The number of hydrogen-bond acceptors (Lipinski definition) is 6. The van der Waals surface area contributed by atoms with E-state index in [1.807, 2.05) is 40.6 Å². The van der Waals surface area contributed by atoms with Crippen LogP contribution in [-0.4, -0.2) is 53.5 Å². The third-order valence-electron chi connectivity index (χ3n) is 4.47. The summed E-state index contributed by atoms with van der Waals surface area (Å²) in [5, 5.41) is 15.5. The SMILES string of the molecule is N#CC1=Cc2cccnc2N(N2CCN(C(=O)c3cccs3)CC2)C1. The van der Waals surface area contributed by atoms with Gasteiger partial charge in [0.05, 0.1) is 23.1 Å². The van der Waals surface area contributed by atoms with Crippen LogP contribution in [0.1, 0.15) is 15.2 Å². The zero-order chi connectivity index (χ0) is 17.2. The quantitative estimate of drug-likeness (QED) is 0.830. The number of amides is 1. The van der Waals surface area contributed by atoms with E-state index < -0.39 is 0 Å². The number of rotatable bonds is 2. The van der Waals surface area contributed by atoms with Crippen LogP contribution in [0.4, 0.5) is 5.82 Å². The Balaban J connectivity index is 1.49. The lowest BCUT2D eigenvalue weighted by molar-refractivity contribution is 0.0627. The fourth-order valence-corrected chi connectivity index (χ4v) is 3.90. The van der Waals surface area contributed by atoms with Crippen molar-refractivity contribution in [2.24, 2.45) is 0 Å². The number of fused-ring (bicyclic) bond motifs is 1. The molecule has 2 aliphatic rings. The van der Waals surface area contributed by atoms with Crippen molar-refractivity contribution < 1.29 is 4.79 Å². The number of pyridine rings is 1. The molecule has 0 aliphatic carbocycles. The van der Waals surface area contributed by atoms with Crippen molar-refractivity contribution in [2.45, 2.75) is 0 Å². The molecule has 6 nitrogen and oxygen atoms in total. The Kier molecular flexibility index (Phi) is 4.22. The molecule has 1 saturated heterocycles. The predicted octanol–water partition coefficient (Wildman–Crippen LogP) is 2.24. The number of nitriles is 1. The van der Waals surface area contributed by atoms with E-state index in [0.717, 1.165) is 34.9 Å². The van der Waals surface area contributed by atoms with Crippen LogP contribution in [0.15, 0.2) is 41.4 Å². The van der Waals surface area contributed by atoms with Crippen molar-refractivity contribution in [3.8, 4) is 6.07 Å². The molecule has 0 spiro atoms. The van der Waals surface area contributed by atoms with Crippen LogP contribution in [0, 0.1) is 11.3 Å². The molecule has 4 rings (SSSR count). The summed E-state index contributed by atoms with van der Waals surface area (Å²) >= 11 is 1.48. The van der Waals surface area contributed by atoms with Crippen LogP contribution < -0.4 is 5.01 Å². The van der Waals surface area contributed by atoms with E-state index in [9.17, 15) is 10.1 Å². The van der Waals surface area contributed by atoms with Gasteiger partial charge >= 0.3 is 0 Å². The summed E-state index contributed by atoms with van der Waals surface area (Å²) < 4.78 is 0. The summed E-state index contributed by atoms with van der Waals surface area (Å²) in [6, 6.07) is 9.89. The van der Waals surface area contributed by atoms with Crippen LogP contribution in [0.2, 0.25) is 0 Å². The minimum atomic E-state index is 0.101. The van der Waals surface area contributed by atoms with E-state index in [1.165, 1.54) is 11.3 Å². The average Bonchev–Trinajstić information content (AvgIpc) is 3.21. The second-order valence-electron chi connectivity index (χ2n) is 5.98. The van der Waals surface area contributed by atoms with Crippen LogP contribution in [0.3, 0.4) is 0 Å². The van der Waals surface area contributed by atoms with E-state index >= 15 is 0 Å². The molecule has 0 unspecified atom stereocenters. The Hall–Kier alpha value is -2.69. The van der Waals surface area contributed by atoms with Gasteiger partial charge < -0.3 is 4.90 Å². The lowest BCUT2D eigenvalue weighted by atomic mass is 10.1. The third kappa shape index (κ3) is 3.02. The van der Waals surface area contributed by atoms with Gasteiger partial charge in [-0.3, -0.25) is 9.80 Å². The highest BCUT2D eigenvalue weighted by Gasteiger charge is 2.29. The number of piperazine rings is 1. The number of hydrazine groups is 1. The Morgan fingerprint density at radius 1 is 1.20 bits per heavy atom. The molecule has 25 heavy (non-hydrogen) atoms. The van der Waals surface area contributed by atoms with Gasteiger partial charge in [-0.2, -0.15) is 5.26 Å². The zero-order valence-electron chi connectivity index (χ0n) is 13.6. The van der Waals surface area contributed by atoms with Gasteiger partial charge in [-0.15, -0.1) is 11.3 Å². The fourth-order valence-electron chi connectivity index (χ4n) is 3.21. The fraction of sp³-hybridized carbons (Fsp3) is 0.278. The highest BCUT2D eigenvalue weighted by atomic mass is 32.1. The van der Waals surface area contributed by atoms with E-state index in [1.54, 1.807) is 6.20 Å². The lowest BCUT2D eigenvalue weighted by Crippen LogP contribution is -2.56. The Morgan fingerprint density at radius 2 is 2.04 bits per heavy atom. The minimum Gasteiger partial charge on any atom is -0.335 e. The van der Waals surface area contributed by atoms with Gasteiger partial charge in [-0.05, 0) is 29.7 Å². The molecule has 1 amide bonds. The summed E-state index contributed by atoms with van der Waals surface area (Å²) in [4.78, 5) is 19.7. The number of aromatic nitrogens is 1. The molecule has 0 N–H and O–H groups in total. The van der Waals surface area contributed by atoms with Crippen molar-refractivity contribution in [3.05, 3.63) is 51.9 Å². The van der Waals surface area contributed by atoms with E-state index in [0.29, 0.717) is 19.6 Å². The number of nitrogens with zero attached hydrogens (tertiary/aromatic N) is 5. The third-order valence-corrected chi connectivity index (χ3v) is 5.33. The summed E-state index contributed by atoms with van der Waals surface area (Å²) in [6.45, 7) is 3.32. The first kappa shape index (κ1) is 15.8.